The summed E-state index contributed by atoms with van der Waals surface area (Å²) in [6.45, 7) is 6.86. The topological polar surface area (TPSA) is 33.3 Å². The van der Waals surface area contributed by atoms with Gasteiger partial charge in [0.25, 0.3) is 0 Å². The van der Waals surface area contributed by atoms with Crippen molar-refractivity contribution in [2.75, 3.05) is 11.9 Å². The Morgan fingerprint density at radius 1 is 1.13 bits per heavy atom. The van der Waals surface area contributed by atoms with Crippen LogP contribution in [0.1, 0.15) is 37.4 Å². The molecule has 0 radical (unpaired) electrons. The molecule has 0 bridgehead atoms. The molecule has 0 aliphatic carbocycles. The van der Waals surface area contributed by atoms with Gasteiger partial charge in [0.2, 0.25) is 0 Å². The van der Waals surface area contributed by atoms with Gasteiger partial charge in [-0.05, 0) is 50.2 Å². The van der Waals surface area contributed by atoms with Crippen molar-refractivity contribution in [3.05, 3.63) is 59.7 Å². The van der Waals surface area contributed by atoms with Gasteiger partial charge >= 0.3 is 0 Å². The largest absolute Gasteiger partial charge is 0.494 e. The lowest BCUT2D eigenvalue weighted by atomic mass is 10.0. The number of hydrogen-bond acceptors (Lipinski definition) is 2. The van der Waals surface area contributed by atoms with Gasteiger partial charge in [-0.3, -0.25) is 0 Å². The summed E-state index contributed by atoms with van der Waals surface area (Å²) in [6.07, 6.45) is 0.962. The van der Waals surface area contributed by atoms with Crippen LogP contribution in [0.4, 0.5) is 5.69 Å². The predicted molar refractivity (Wildman–Crippen MR) is 101 cm³/mol. The Hall–Kier alpha value is -2.07. The predicted octanol–water partition coefficient (Wildman–Crippen LogP) is 4.83. The number of nitrogens with one attached hydrogen (secondary N) is 2. The van der Waals surface area contributed by atoms with Gasteiger partial charge in [-0.2, -0.15) is 0 Å². The molecule has 3 nitrogen and oxygen atoms in total. The highest BCUT2D eigenvalue weighted by Crippen LogP contribution is 2.19. The molecule has 122 valence electrons. The number of aryl methyl sites for hydroxylation is 1. The highest BCUT2D eigenvalue weighted by Gasteiger charge is 2.10. The van der Waals surface area contributed by atoms with Crippen molar-refractivity contribution >= 4 is 23.0 Å². The van der Waals surface area contributed by atoms with Crippen molar-refractivity contribution in [1.29, 1.82) is 0 Å². The number of rotatable bonds is 6. The molecule has 2 aromatic carbocycles. The molecule has 0 saturated carbocycles. The third-order valence-corrected chi connectivity index (χ3v) is 3.82. The van der Waals surface area contributed by atoms with Crippen LogP contribution in [0.15, 0.2) is 48.5 Å². The summed E-state index contributed by atoms with van der Waals surface area (Å²) >= 11 is 5.45. The first-order chi connectivity index (χ1) is 11.1. The molecule has 1 unspecified atom stereocenters. The summed E-state index contributed by atoms with van der Waals surface area (Å²) in [4.78, 5) is 0. The maximum Gasteiger partial charge on any atom is 0.171 e. The van der Waals surface area contributed by atoms with E-state index in [1.807, 2.05) is 31.2 Å². The number of ether oxygens (including phenoxy) is 1. The lowest BCUT2D eigenvalue weighted by Crippen LogP contribution is -2.32. The van der Waals surface area contributed by atoms with Crippen LogP contribution in [-0.4, -0.2) is 11.7 Å². The fourth-order valence-electron chi connectivity index (χ4n) is 2.38. The first-order valence-corrected chi connectivity index (χ1v) is 8.40. The zero-order chi connectivity index (χ0) is 16.7. The Kier molecular flexibility index (Phi) is 6.41. The minimum Gasteiger partial charge on any atom is -0.494 e. The third-order valence-electron chi connectivity index (χ3n) is 3.60. The molecule has 0 spiro atoms. The van der Waals surface area contributed by atoms with Crippen molar-refractivity contribution in [2.24, 2.45) is 0 Å². The van der Waals surface area contributed by atoms with E-state index in [2.05, 4.69) is 48.7 Å². The Balaban J connectivity index is 1.99. The molecule has 0 amide bonds. The molecular formula is C19H24N2OS. The van der Waals surface area contributed by atoms with Gasteiger partial charge < -0.3 is 15.4 Å². The molecule has 2 N–H and O–H groups in total. The highest BCUT2D eigenvalue weighted by molar-refractivity contribution is 7.80. The van der Waals surface area contributed by atoms with E-state index in [-0.39, 0.29) is 6.04 Å². The van der Waals surface area contributed by atoms with E-state index in [1.54, 1.807) is 0 Å². The molecule has 23 heavy (non-hydrogen) atoms. The smallest absolute Gasteiger partial charge is 0.171 e. The zero-order valence-corrected chi connectivity index (χ0v) is 14.7. The quantitative estimate of drug-likeness (QED) is 0.744. The Morgan fingerprint density at radius 2 is 1.87 bits per heavy atom. The summed E-state index contributed by atoms with van der Waals surface area (Å²) in [6, 6.07) is 16.6. The molecule has 0 heterocycles. The van der Waals surface area contributed by atoms with E-state index < -0.39 is 0 Å². The molecule has 2 aromatic rings. The summed E-state index contributed by atoms with van der Waals surface area (Å²) in [5, 5.41) is 7.23. The van der Waals surface area contributed by atoms with Gasteiger partial charge in [0, 0.05) is 11.8 Å². The molecular weight excluding hydrogens is 304 g/mol. The van der Waals surface area contributed by atoms with Crippen LogP contribution < -0.4 is 15.4 Å². The Bertz CT molecular complexity index is 640. The summed E-state index contributed by atoms with van der Waals surface area (Å²) in [7, 11) is 0. The highest BCUT2D eigenvalue weighted by atomic mass is 32.1. The molecule has 0 aliphatic heterocycles. The second-order valence-electron chi connectivity index (χ2n) is 5.43. The van der Waals surface area contributed by atoms with Crippen molar-refractivity contribution in [3.8, 4) is 5.75 Å². The minimum atomic E-state index is 0.200. The average molecular weight is 328 g/mol. The van der Waals surface area contributed by atoms with Crippen LogP contribution in [0.5, 0.6) is 5.75 Å². The molecule has 1 atom stereocenters. The number of thiocarbonyl (C=S) groups is 1. The lowest BCUT2D eigenvalue weighted by Gasteiger charge is -2.20. The van der Waals surface area contributed by atoms with Gasteiger partial charge in [0.1, 0.15) is 5.75 Å². The molecule has 4 heteroatoms. The van der Waals surface area contributed by atoms with Gasteiger partial charge in [0.15, 0.2) is 5.11 Å². The van der Waals surface area contributed by atoms with E-state index in [1.165, 1.54) is 11.1 Å². The van der Waals surface area contributed by atoms with Gasteiger partial charge in [-0.25, -0.2) is 0 Å². The van der Waals surface area contributed by atoms with Gasteiger partial charge in [-0.15, -0.1) is 0 Å². The van der Waals surface area contributed by atoms with E-state index in [9.17, 15) is 0 Å². The van der Waals surface area contributed by atoms with Gasteiger partial charge in [-0.1, -0.05) is 42.8 Å². The average Bonchev–Trinajstić information content (AvgIpc) is 2.54. The number of benzene rings is 2. The van der Waals surface area contributed by atoms with Crippen LogP contribution in [0.25, 0.3) is 0 Å². The molecule has 0 aromatic heterocycles. The second-order valence-corrected chi connectivity index (χ2v) is 5.84. The fourth-order valence-corrected chi connectivity index (χ4v) is 2.64. The van der Waals surface area contributed by atoms with Crippen LogP contribution in [0.2, 0.25) is 0 Å². The minimum absolute atomic E-state index is 0.200. The Morgan fingerprint density at radius 3 is 2.52 bits per heavy atom. The van der Waals surface area contributed by atoms with Crippen molar-refractivity contribution < 1.29 is 4.74 Å². The third kappa shape index (κ3) is 5.25. The number of anilines is 1. The molecule has 0 saturated heterocycles. The van der Waals surface area contributed by atoms with Crippen LogP contribution in [0.3, 0.4) is 0 Å². The van der Waals surface area contributed by atoms with Crippen molar-refractivity contribution in [2.45, 2.75) is 33.2 Å². The second kappa shape index (κ2) is 8.53. The zero-order valence-electron chi connectivity index (χ0n) is 13.9. The fraction of sp³-hybridized carbons (Fsp3) is 0.316. The number of hydrogen-bond donors (Lipinski definition) is 2. The summed E-state index contributed by atoms with van der Waals surface area (Å²) in [5.41, 5.74) is 3.43. The first-order valence-electron chi connectivity index (χ1n) is 7.99. The normalized spacial score (nSPS) is 11.6. The SMILES string of the molecule is CCOc1cccc(NC(=S)NC(CC)c2ccc(C)cc2)c1. The summed E-state index contributed by atoms with van der Waals surface area (Å²) < 4.78 is 5.51. The van der Waals surface area contributed by atoms with E-state index in [0.29, 0.717) is 11.7 Å². The summed E-state index contributed by atoms with van der Waals surface area (Å²) in [5.74, 6) is 0.839. The van der Waals surface area contributed by atoms with Crippen LogP contribution in [-0.2, 0) is 0 Å². The van der Waals surface area contributed by atoms with Crippen molar-refractivity contribution in [3.63, 3.8) is 0 Å². The van der Waals surface area contributed by atoms with Crippen LogP contribution >= 0.6 is 12.2 Å². The van der Waals surface area contributed by atoms with E-state index >= 15 is 0 Å². The van der Waals surface area contributed by atoms with E-state index in [4.69, 9.17) is 17.0 Å². The standard InChI is InChI=1S/C19H24N2OS/c1-4-18(15-11-9-14(3)10-12-15)21-19(23)20-16-7-6-8-17(13-16)22-5-2/h6-13,18H,4-5H2,1-3H3,(H2,20,21,23). The van der Waals surface area contributed by atoms with E-state index in [0.717, 1.165) is 17.9 Å². The van der Waals surface area contributed by atoms with Crippen molar-refractivity contribution in [1.82, 2.24) is 5.32 Å². The monoisotopic (exact) mass is 328 g/mol. The van der Waals surface area contributed by atoms with Gasteiger partial charge in [0.05, 0.1) is 12.6 Å². The maximum absolute atomic E-state index is 5.51. The molecule has 0 fully saturated rings. The maximum atomic E-state index is 5.51. The molecule has 0 aliphatic rings. The molecule has 2 rings (SSSR count). The first kappa shape index (κ1) is 17.3. The van der Waals surface area contributed by atoms with Crippen LogP contribution in [0, 0.1) is 6.92 Å². The Labute approximate surface area is 144 Å². The lowest BCUT2D eigenvalue weighted by molar-refractivity contribution is 0.340.